The van der Waals surface area contributed by atoms with E-state index in [1.807, 2.05) is 46.9 Å². The molecule has 0 saturated carbocycles. The van der Waals surface area contributed by atoms with E-state index < -0.39 is 22.1 Å². The summed E-state index contributed by atoms with van der Waals surface area (Å²) in [5.41, 5.74) is 1.70. The molecular formula is C25H26ClN5O4S2. The van der Waals surface area contributed by atoms with Crippen molar-refractivity contribution in [1.29, 1.82) is 0 Å². The van der Waals surface area contributed by atoms with E-state index in [0.29, 0.717) is 29.8 Å². The van der Waals surface area contributed by atoms with Gasteiger partial charge in [0.2, 0.25) is 5.91 Å². The van der Waals surface area contributed by atoms with E-state index in [-0.39, 0.29) is 17.4 Å². The van der Waals surface area contributed by atoms with Gasteiger partial charge in [0.05, 0.1) is 23.1 Å². The number of nitrogens with zero attached hydrogens (tertiary/aromatic N) is 4. The second-order valence-corrected chi connectivity index (χ2v) is 11.9. The number of fused-ring (bicyclic) bond motifs is 1. The van der Waals surface area contributed by atoms with Crippen LogP contribution in [0.2, 0.25) is 5.02 Å². The number of aromatic nitrogens is 2. The lowest BCUT2D eigenvalue weighted by Crippen LogP contribution is -2.57. The summed E-state index contributed by atoms with van der Waals surface area (Å²) >= 11 is 7.38. The SMILES string of the molecule is C[C@@H](C(=O)N1CCN(c2ccc(S(=O)(=O)Nc3nccs3)cc2)C[C@H]1CO)n1ccc2ccc(Cl)cc21. The quantitative estimate of drug-likeness (QED) is 0.356. The molecule has 0 spiro atoms. The van der Waals surface area contributed by atoms with Gasteiger partial charge in [-0.1, -0.05) is 17.7 Å². The first kappa shape index (κ1) is 25.5. The third kappa shape index (κ3) is 5.17. The number of aliphatic hydroxyl groups is 1. The van der Waals surface area contributed by atoms with E-state index in [1.165, 1.54) is 17.5 Å². The number of carbonyl (C=O) groups is 1. The molecule has 1 fully saturated rings. The van der Waals surface area contributed by atoms with Gasteiger partial charge >= 0.3 is 0 Å². The zero-order chi connectivity index (χ0) is 26.2. The van der Waals surface area contributed by atoms with E-state index in [1.54, 1.807) is 34.5 Å². The Labute approximate surface area is 224 Å². The van der Waals surface area contributed by atoms with Gasteiger partial charge in [0.25, 0.3) is 10.0 Å². The highest BCUT2D eigenvalue weighted by Crippen LogP contribution is 2.27. The summed E-state index contributed by atoms with van der Waals surface area (Å²) < 4.78 is 29.6. The zero-order valence-electron chi connectivity index (χ0n) is 20.0. The average Bonchev–Trinajstić information content (AvgIpc) is 3.57. The number of sulfonamides is 1. The van der Waals surface area contributed by atoms with Gasteiger partial charge in [0.1, 0.15) is 6.04 Å². The third-order valence-electron chi connectivity index (χ3n) is 6.60. The Balaban J connectivity index is 1.28. The molecule has 0 aliphatic carbocycles. The van der Waals surface area contributed by atoms with Crippen LogP contribution in [-0.4, -0.2) is 66.2 Å². The number of nitrogens with one attached hydrogen (secondary N) is 1. The topological polar surface area (TPSA) is 108 Å². The molecule has 37 heavy (non-hydrogen) atoms. The molecule has 2 N–H and O–H groups in total. The third-order valence-corrected chi connectivity index (χ3v) is 9.01. The highest BCUT2D eigenvalue weighted by Gasteiger charge is 2.33. The van der Waals surface area contributed by atoms with Crippen molar-refractivity contribution in [2.75, 3.05) is 35.9 Å². The van der Waals surface area contributed by atoms with Gasteiger partial charge < -0.3 is 19.5 Å². The number of rotatable bonds is 7. The van der Waals surface area contributed by atoms with Crippen LogP contribution >= 0.6 is 22.9 Å². The number of carbonyl (C=O) groups excluding carboxylic acids is 1. The molecule has 2 aromatic heterocycles. The van der Waals surface area contributed by atoms with E-state index in [2.05, 4.69) is 9.71 Å². The lowest BCUT2D eigenvalue weighted by atomic mass is 10.1. The summed E-state index contributed by atoms with van der Waals surface area (Å²) in [4.78, 5) is 21.4. The lowest BCUT2D eigenvalue weighted by Gasteiger charge is -2.42. The smallest absolute Gasteiger partial charge is 0.263 e. The molecule has 1 saturated heterocycles. The molecule has 2 atom stereocenters. The molecule has 1 aliphatic heterocycles. The fourth-order valence-electron chi connectivity index (χ4n) is 4.64. The van der Waals surface area contributed by atoms with Crippen molar-refractivity contribution in [3.05, 3.63) is 71.3 Å². The minimum atomic E-state index is -3.74. The maximum absolute atomic E-state index is 13.5. The van der Waals surface area contributed by atoms with Crippen molar-refractivity contribution < 1.29 is 18.3 Å². The molecule has 9 nitrogen and oxygen atoms in total. The van der Waals surface area contributed by atoms with Crippen LogP contribution in [0.1, 0.15) is 13.0 Å². The molecule has 2 aromatic carbocycles. The molecule has 3 heterocycles. The Morgan fingerprint density at radius 1 is 1.22 bits per heavy atom. The fourth-order valence-corrected chi connectivity index (χ4v) is 6.59. The van der Waals surface area contributed by atoms with Gasteiger partial charge in [0.15, 0.2) is 5.13 Å². The van der Waals surface area contributed by atoms with E-state index in [4.69, 9.17) is 11.6 Å². The average molecular weight is 560 g/mol. The molecule has 0 bridgehead atoms. The number of hydrogen-bond acceptors (Lipinski definition) is 7. The monoisotopic (exact) mass is 559 g/mol. The van der Waals surface area contributed by atoms with Crippen molar-refractivity contribution in [3.63, 3.8) is 0 Å². The largest absolute Gasteiger partial charge is 0.394 e. The number of thiazole rings is 1. The highest BCUT2D eigenvalue weighted by molar-refractivity contribution is 7.93. The predicted molar refractivity (Wildman–Crippen MR) is 146 cm³/mol. The van der Waals surface area contributed by atoms with Crippen molar-refractivity contribution in [1.82, 2.24) is 14.5 Å². The Hall–Kier alpha value is -3.12. The van der Waals surface area contributed by atoms with E-state index in [0.717, 1.165) is 16.6 Å². The van der Waals surface area contributed by atoms with Crippen molar-refractivity contribution in [2.24, 2.45) is 0 Å². The minimum absolute atomic E-state index is 0.0779. The van der Waals surface area contributed by atoms with Crippen LogP contribution in [0, 0.1) is 0 Å². The number of piperazine rings is 1. The van der Waals surface area contributed by atoms with Crippen molar-refractivity contribution >= 4 is 60.6 Å². The first-order valence-electron chi connectivity index (χ1n) is 11.7. The molecule has 194 valence electrons. The molecule has 5 rings (SSSR count). The van der Waals surface area contributed by atoms with Gasteiger partial charge in [0, 0.05) is 48.1 Å². The van der Waals surface area contributed by atoms with Gasteiger partial charge in [-0.2, -0.15) is 0 Å². The Bertz CT molecular complexity index is 1510. The van der Waals surface area contributed by atoms with Crippen molar-refractivity contribution in [3.8, 4) is 0 Å². The Kier molecular flexibility index (Phi) is 7.13. The summed E-state index contributed by atoms with van der Waals surface area (Å²) in [5.74, 6) is -0.0779. The molecule has 4 aromatic rings. The number of aliphatic hydroxyl groups excluding tert-OH is 1. The summed E-state index contributed by atoms with van der Waals surface area (Å²) in [6, 6.07) is 13.2. The first-order chi connectivity index (χ1) is 17.8. The van der Waals surface area contributed by atoms with Gasteiger partial charge in [-0.3, -0.25) is 9.52 Å². The highest BCUT2D eigenvalue weighted by atomic mass is 35.5. The normalized spacial score (nSPS) is 17.2. The number of anilines is 2. The Morgan fingerprint density at radius 3 is 2.70 bits per heavy atom. The van der Waals surface area contributed by atoms with E-state index >= 15 is 0 Å². The van der Waals surface area contributed by atoms with Crippen LogP contribution in [0.5, 0.6) is 0 Å². The molecule has 1 aliphatic rings. The van der Waals surface area contributed by atoms with Crippen LogP contribution in [-0.2, 0) is 14.8 Å². The first-order valence-corrected chi connectivity index (χ1v) is 14.5. The molecule has 0 unspecified atom stereocenters. The van der Waals surface area contributed by atoms with E-state index in [9.17, 15) is 18.3 Å². The summed E-state index contributed by atoms with van der Waals surface area (Å²) in [5, 5.41) is 13.7. The lowest BCUT2D eigenvalue weighted by molar-refractivity contribution is -0.138. The second-order valence-electron chi connectivity index (χ2n) is 8.85. The van der Waals surface area contributed by atoms with Crippen LogP contribution in [0.15, 0.2) is 71.2 Å². The molecular weight excluding hydrogens is 534 g/mol. The Morgan fingerprint density at radius 2 is 2.00 bits per heavy atom. The fraction of sp³-hybridized carbons (Fsp3) is 0.280. The van der Waals surface area contributed by atoms with Gasteiger partial charge in [-0.25, -0.2) is 13.4 Å². The molecule has 1 amide bonds. The summed E-state index contributed by atoms with van der Waals surface area (Å²) in [6.07, 6.45) is 3.41. The standard InChI is InChI=1S/C25H26ClN5O4S2/c1-17(30-10-8-18-2-3-19(26)14-23(18)30)24(33)31-12-11-29(15-21(31)16-32)20-4-6-22(7-5-20)37(34,35)28-25-27-9-13-36-25/h2-10,13-14,17,21,32H,11-12,15-16H2,1H3,(H,27,28)/t17-,21-/m0/s1. The predicted octanol–water partition coefficient (Wildman–Crippen LogP) is 3.82. The van der Waals surface area contributed by atoms with Crippen LogP contribution in [0.3, 0.4) is 0 Å². The summed E-state index contributed by atoms with van der Waals surface area (Å²) in [7, 11) is -3.74. The second kappa shape index (κ2) is 10.3. The zero-order valence-corrected chi connectivity index (χ0v) is 22.4. The van der Waals surface area contributed by atoms with Crippen LogP contribution in [0.25, 0.3) is 10.9 Å². The minimum Gasteiger partial charge on any atom is -0.394 e. The number of hydrogen-bond donors (Lipinski definition) is 2. The maximum atomic E-state index is 13.5. The molecule has 0 radical (unpaired) electrons. The number of benzene rings is 2. The number of halogens is 1. The van der Waals surface area contributed by atoms with Gasteiger partial charge in [-0.05, 0) is 54.8 Å². The maximum Gasteiger partial charge on any atom is 0.263 e. The van der Waals surface area contributed by atoms with Crippen molar-refractivity contribution in [2.45, 2.75) is 23.9 Å². The van der Waals surface area contributed by atoms with Gasteiger partial charge in [-0.15, -0.1) is 11.3 Å². The van der Waals surface area contributed by atoms with Crippen LogP contribution < -0.4 is 9.62 Å². The number of amides is 1. The molecule has 12 heteroatoms. The van der Waals surface area contributed by atoms with Crippen LogP contribution in [0.4, 0.5) is 10.8 Å². The summed E-state index contributed by atoms with van der Waals surface area (Å²) in [6.45, 7) is 3.08.